The zero-order chi connectivity index (χ0) is 44.8. The second-order valence-corrected chi connectivity index (χ2v) is 18.4. The summed E-state index contributed by atoms with van der Waals surface area (Å²) in [5.41, 5.74) is 12.1. The molecule has 10 aromatic carbocycles. The third-order valence-electron chi connectivity index (χ3n) is 14.0. The molecule has 312 valence electrons. The maximum absolute atomic E-state index is 12.0. The van der Waals surface area contributed by atoms with Crippen LogP contribution in [-0.2, 0) is 0 Å². The molecule has 15 aromatic rings. The van der Waals surface area contributed by atoms with Crippen LogP contribution in [0.25, 0.3) is 146 Å². The Balaban J connectivity index is 1.25. The van der Waals surface area contributed by atoms with Gasteiger partial charge in [-0.3, -0.25) is 9.97 Å². The molecule has 5 heterocycles. The van der Waals surface area contributed by atoms with E-state index in [2.05, 4.69) is 129 Å². The molecule has 0 saturated carbocycles. The predicted molar refractivity (Wildman–Crippen MR) is 279 cm³/mol. The fourth-order valence-electron chi connectivity index (χ4n) is 11.4. The summed E-state index contributed by atoms with van der Waals surface area (Å²) < 4.78 is 13.8. The van der Waals surface area contributed by atoms with Crippen molar-refractivity contribution in [3.8, 4) is 39.7 Å². The van der Waals surface area contributed by atoms with Crippen molar-refractivity contribution in [2.45, 2.75) is 0 Å². The van der Waals surface area contributed by atoms with Crippen LogP contribution in [0.4, 0.5) is 5.69 Å². The van der Waals surface area contributed by atoms with E-state index in [1.54, 1.807) is 23.7 Å². The van der Waals surface area contributed by atoms with Crippen LogP contribution < -0.4 is 0 Å². The first-order valence-electron chi connectivity index (χ1n) is 22.4. The zero-order valence-corrected chi connectivity index (χ0v) is 36.6. The van der Waals surface area contributed by atoms with Gasteiger partial charge in [-0.15, -0.1) is 11.3 Å². The van der Waals surface area contributed by atoms with Crippen molar-refractivity contribution in [3.63, 3.8) is 0 Å². The first-order chi connectivity index (χ1) is 33.7. The Kier molecular flexibility index (Phi) is 7.39. The predicted octanol–water partition coefficient (Wildman–Crippen LogP) is 16.4. The van der Waals surface area contributed by atoms with Gasteiger partial charge in [0.05, 0.1) is 66.7 Å². The SMILES string of the molecule is [C-]#[N+]c1c(-c2ccccc2)c(C#N)c(-n2c3ccc4c5ccccc5oc4c3c3ccc4c5ccccc5sc4c32)c(-c2ccccc2)c1-n1c2cccc3c4nccnc4c4cccc1c4c32. The molecule has 0 amide bonds. The monoisotopic (exact) mass is 882 g/mol. The highest BCUT2D eigenvalue weighted by Gasteiger charge is 2.33. The summed E-state index contributed by atoms with van der Waals surface area (Å²) >= 11 is 1.76. The van der Waals surface area contributed by atoms with Gasteiger partial charge >= 0.3 is 0 Å². The molecule has 0 radical (unpaired) electrons. The van der Waals surface area contributed by atoms with Gasteiger partial charge in [0, 0.05) is 76.7 Å². The van der Waals surface area contributed by atoms with E-state index in [4.69, 9.17) is 14.4 Å². The van der Waals surface area contributed by atoms with Crippen LogP contribution in [0.5, 0.6) is 0 Å². The molecular formula is C60H30N6OS. The maximum atomic E-state index is 12.0. The van der Waals surface area contributed by atoms with Gasteiger partial charge in [-0.05, 0) is 47.5 Å². The highest BCUT2D eigenvalue weighted by Crippen LogP contribution is 2.55. The molecule has 15 rings (SSSR count). The normalized spacial score (nSPS) is 12.1. The molecule has 0 aliphatic carbocycles. The van der Waals surface area contributed by atoms with Crippen LogP contribution in [0.3, 0.4) is 0 Å². The molecule has 68 heavy (non-hydrogen) atoms. The minimum absolute atomic E-state index is 0.380. The van der Waals surface area contributed by atoms with Crippen LogP contribution in [0, 0.1) is 17.9 Å². The van der Waals surface area contributed by atoms with Crippen LogP contribution in [0.15, 0.2) is 187 Å². The van der Waals surface area contributed by atoms with Gasteiger partial charge in [0.15, 0.2) is 0 Å². The molecular weight excluding hydrogens is 853 g/mol. The van der Waals surface area contributed by atoms with E-state index in [0.717, 1.165) is 114 Å². The quantitative estimate of drug-likeness (QED) is 0.130. The zero-order valence-electron chi connectivity index (χ0n) is 35.8. The maximum Gasteiger partial charge on any atom is 0.220 e. The smallest absolute Gasteiger partial charge is 0.220 e. The number of nitriles is 1. The van der Waals surface area contributed by atoms with E-state index >= 15 is 0 Å². The number of aromatic nitrogens is 4. The summed E-state index contributed by atoms with van der Waals surface area (Å²) in [6.45, 7) is 9.31. The molecule has 0 unspecified atom stereocenters. The van der Waals surface area contributed by atoms with Crippen molar-refractivity contribution in [2.24, 2.45) is 0 Å². The number of furan rings is 1. The minimum atomic E-state index is 0.380. The first kappa shape index (κ1) is 36.9. The van der Waals surface area contributed by atoms with E-state index in [1.165, 1.54) is 10.1 Å². The van der Waals surface area contributed by atoms with Gasteiger partial charge < -0.3 is 13.6 Å². The summed E-state index contributed by atoms with van der Waals surface area (Å²) in [6, 6.07) is 61.3. The highest BCUT2D eigenvalue weighted by molar-refractivity contribution is 7.26. The average molecular weight is 883 g/mol. The number of para-hydroxylation sites is 1. The lowest BCUT2D eigenvalue weighted by molar-refractivity contribution is 0.673. The summed E-state index contributed by atoms with van der Waals surface area (Å²) in [7, 11) is 0. The van der Waals surface area contributed by atoms with Crippen LogP contribution >= 0.6 is 11.3 Å². The summed E-state index contributed by atoms with van der Waals surface area (Å²) in [5, 5.41) is 22.4. The lowest BCUT2D eigenvalue weighted by Crippen LogP contribution is -2.08. The van der Waals surface area contributed by atoms with Gasteiger partial charge in [0.2, 0.25) is 5.69 Å². The fourth-order valence-corrected chi connectivity index (χ4v) is 12.6. The van der Waals surface area contributed by atoms with Gasteiger partial charge in [-0.25, -0.2) is 4.85 Å². The standard InChI is InChI=1S/C60H30N6OS/c1-62-55-48(33-14-4-2-5-15-33)42(32-61)56(49(34-16-6-3-7-17-34)58(55)65-43-22-12-20-39-50(43)51-40(21-13-23-44(51)65)54-53(39)63-30-31-64-54)66-45-29-28-37-35-18-8-10-24-46(35)67-59(37)52(45)41-27-26-38-36-19-9-11-25-47(36)68-60(38)57(41)66/h2-31H. The van der Waals surface area contributed by atoms with Gasteiger partial charge in [-0.1, -0.05) is 133 Å². The molecule has 0 spiro atoms. The largest absolute Gasteiger partial charge is 0.455 e. The molecule has 0 fully saturated rings. The summed E-state index contributed by atoms with van der Waals surface area (Å²) in [4.78, 5) is 14.3. The van der Waals surface area contributed by atoms with E-state index in [9.17, 15) is 11.8 Å². The molecule has 0 N–H and O–H groups in total. The molecule has 0 saturated heterocycles. The summed E-state index contributed by atoms with van der Waals surface area (Å²) in [5.74, 6) is 0. The number of rotatable bonds is 4. The Hall–Kier alpha value is -9.34. The summed E-state index contributed by atoms with van der Waals surface area (Å²) in [6.07, 6.45) is 3.50. The minimum Gasteiger partial charge on any atom is -0.455 e. The van der Waals surface area contributed by atoms with Crippen molar-refractivity contribution < 1.29 is 4.42 Å². The van der Waals surface area contributed by atoms with Crippen molar-refractivity contribution in [2.75, 3.05) is 0 Å². The van der Waals surface area contributed by atoms with Crippen LogP contribution in [0.1, 0.15) is 5.56 Å². The third kappa shape index (κ3) is 4.68. The molecule has 7 nitrogen and oxygen atoms in total. The second kappa shape index (κ2) is 13.6. The number of fused-ring (bicyclic) bond motifs is 14. The average Bonchev–Trinajstić information content (AvgIpc) is 4.16. The van der Waals surface area contributed by atoms with Crippen molar-refractivity contribution in [1.29, 1.82) is 5.26 Å². The molecule has 5 aromatic heterocycles. The number of hydrogen-bond acceptors (Lipinski definition) is 5. The Morgan fingerprint density at radius 1 is 0.515 bits per heavy atom. The Morgan fingerprint density at radius 3 is 1.79 bits per heavy atom. The number of hydrogen-bond donors (Lipinski definition) is 0. The van der Waals surface area contributed by atoms with Gasteiger partial charge in [-0.2, -0.15) is 5.26 Å². The van der Waals surface area contributed by atoms with Crippen molar-refractivity contribution >= 4 is 125 Å². The van der Waals surface area contributed by atoms with E-state index < -0.39 is 0 Å². The van der Waals surface area contributed by atoms with Crippen molar-refractivity contribution in [1.82, 2.24) is 19.1 Å². The fraction of sp³-hybridized carbons (Fsp3) is 0. The van der Waals surface area contributed by atoms with Gasteiger partial charge in [0.25, 0.3) is 0 Å². The van der Waals surface area contributed by atoms with E-state index in [1.807, 2.05) is 60.7 Å². The van der Waals surface area contributed by atoms with E-state index in [-0.39, 0.29) is 0 Å². The third-order valence-corrected chi connectivity index (χ3v) is 15.2. The molecule has 0 aliphatic rings. The van der Waals surface area contributed by atoms with Crippen LogP contribution in [-0.4, -0.2) is 19.1 Å². The molecule has 0 atom stereocenters. The van der Waals surface area contributed by atoms with E-state index in [0.29, 0.717) is 28.2 Å². The lowest BCUT2D eigenvalue weighted by Gasteiger charge is -2.25. The molecule has 0 bridgehead atoms. The Labute approximate surface area is 390 Å². The molecule has 0 aliphatic heterocycles. The first-order valence-corrected chi connectivity index (χ1v) is 23.2. The highest BCUT2D eigenvalue weighted by atomic mass is 32.1. The van der Waals surface area contributed by atoms with Crippen LogP contribution in [0.2, 0.25) is 0 Å². The van der Waals surface area contributed by atoms with Crippen molar-refractivity contribution in [3.05, 3.63) is 199 Å². The topological polar surface area (TPSA) is 76.9 Å². The number of benzene rings is 10. The second-order valence-electron chi connectivity index (χ2n) is 17.3. The lowest BCUT2D eigenvalue weighted by atomic mass is 9.88. The Morgan fingerprint density at radius 2 is 1.10 bits per heavy atom. The van der Waals surface area contributed by atoms with Gasteiger partial charge in [0.1, 0.15) is 17.2 Å². The number of thiophene rings is 1. The molecule has 8 heteroatoms. The number of nitrogens with zero attached hydrogens (tertiary/aromatic N) is 6. The Bertz CT molecular complexity index is 4670.